The zero-order chi connectivity index (χ0) is 29.6. The van der Waals surface area contributed by atoms with Gasteiger partial charge in [-0.15, -0.1) is 0 Å². The van der Waals surface area contributed by atoms with Gasteiger partial charge in [0.25, 0.3) is 0 Å². The van der Waals surface area contributed by atoms with Gasteiger partial charge >= 0.3 is 0 Å². The van der Waals surface area contributed by atoms with Crippen LogP contribution in [-0.2, 0) is 0 Å². The summed E-state index contributed by atoms with van der Waals surface area (Å²) in [6, 6.07) is 32.5. The van der Waals surface area contributed by atoms with Crippen molar-refractivity contribution in [1.82, 2.24) is 0 Å². The van der Waals surface area contributed by atoms with Gasteiger partial charge in [0.1, 0.15) is 49.4 Å². The normalized spacial score (nSPS) is 10.2. The van der Waals surface area contributed by atoms with Crippen LogP contribution < -0.4 is 18.9 Å². The Balaban J connectivity index is 1.92. The van der Waals surface area contributed by atoms with Crippen molar-refractivity contribution in [3.63, 3.8) is 0 Å². The molecule has 4 heteroatoms. The molecule has 0 radical (unpaired) electrons. The first-order valence-corrected chi connectivity index (χ1v) is 13.8. The zero-order valence-electron chi connectivity index (χ0n) is 23.8. The summed E-state index contributed by atoms with van der Waals surface area (Å²) in [5.41, 5.74) is 6.26. The van der Waals surface area contributed by atoms with E-state index in [4.69, 9.17) is 18.9 Å². The van der Waals surface area contributed by atoms with Crippen LogP contribution in [0.25, 0.3) is 11.1 Å². The molecule has 4 rings (SSSR count). The lowest BCUT2D eigenvalue weighted by molar-refractivity contribution is 0.363. The second kappa shape index (κ2) is 15.5. The fourth-order valence-electron chi connectivity index (χ4n) is 4.40. The largest absolute Gasteiger partial charge is 0.490 e. The smallest absolute Gasteiger partial charge is 0.119 e. The van der Waals surface area contributed by atoms with Crippen molar-refractivity contribution in [3.8, 4) is 23.0 Å². The Morgan fingerprint density at radius 2 is 0.548 bits per heavy atom. The molecule has 0 aliphatic rings. The molecule has 0 heterocycles. The molecule has 0 saturated heterocycles. The van der Waals surface area contributed by atoms with Crippen LogP contribution in [0.5, 0.6) is 23.0 Å². The molecule has 0 saturated carbocycles. The Labute approximate surface area is 249 Å². The van der Waals surface area contributed by atoms with Crippen LogP contribution in [0, 0.1) is 0 Å². The van der Waals surface area contributed by atoms with E-state index in [0.717, 1.165) is 56.4 Å². The van der Waals surface area contributed by atoms with Crippen LogP contribution >= 0.6 is 0 Å². The van der Waals surface area contributed by atoms with E-state index in [-0.39, 0.29) is 0 Å². The quantitative estimate of drug-likeness (QED) is 0.102. The van der Waals surface area contributed by atoms with Gasteiger partial charge in [-0.05, 0) is 81.9 Å². The van der Waals surface area contributed by atoms with Crippen molar-refractivity contribution >= 4 is 11.1 Å². The maximum absolute atomic E-state index is 5.77. The predicted molar refractivity (Wildman–Crippen MR) is 174 cm³/mol. The summed E-state index contributed by atoms with van der Waals surface area (Å²) >= 11 is 0. The molecule has 4 aromatic carbocycles. The summed E-state index contributed by atoms with van der Waals surface area (Å²) < 4.78 is 23.1. The lowest BCUT2D eigenvalue weighted by Gasteiger charge is -2.19. The highest BCUT2D eigenvalue weighted by Crippen LogP contribution is 2.39. The lowest BCUT2D eigenvalue weighted by Crippen LogP contribution is -2.00. The molecule has 4 aromatic rings. The first kappa shape index (κ1) is 29.8. The van der Waals surface area contributed by atoms with Crippen LogP contribution in [0.15, 0.2) is 148 Å². The third-order valence-electron chi connectivity index (χ3n) is 6.29. The Bertz CT molecular complexity index is 1260. The summed E-state index contributed by atoms with van der Waals surface area (Å²) in [5, 5.41) is 0. The molecule has 4 nitrogen and oxygen atoms in total. The lowest BCUT2D eigenvalue weighted by atomic mass is 9.85. The number of hydrogen-bond donors (Lipinski definition) is 0. The molecule has 0 amide bonds. The van der Waals surface area contributed by atoms with Gasteiger partial charge in [0.05, 0.1) is 0 Å². The maximum Gasteiger partial charge on any atom is 0.119 e. The fraction of sp³-hybridized carbons (Fsp3) is 0.105. The van der Waals surface area contributed by atoms with Crippen LogP contribution in [0.4, 0.5) is 0 Å². The van der Waals surface area contributed by atoms with Crippen LogP contribution in [-0.4, -0.2) is 26.4 Å². The van der Waals surface area contributed by atoms with Crippen molar-refractivity contribution < 1.29 is 18.9 Å². The van der Waals surface area contributed by atoms with Crippen molar-refractivity contribution in [2.24, 2.45) is 0 Å². The molecule has 0 N–H and O–H groups in total. The molecule has 0 fully saturated rings. The summed E-state index contributed by atoms with van der Waals surface area (Å²) in [6.45, 7) is 16.8. The van der Waals surface area contributed by atoms with E-state index >= 15 is 0 Å². The number of benzene rings is 4. The van der Waals surface area contributed by atoms with E-state index in [9.17, 15) is 0 Å². The van der Waals surface area contributed by atoms with Gasteiger partial charge in [0.2, 0.25) is 0 Å². The molecule has 0 spiro atoms. The first-order chi connectivity index (χ1) is 20.7. The first-order valence-electron chi connectivity index (χ1n) is 13.8. The van der Waals surface area contributed by atoms with Gasteiger partial charge < -0.3 is 18.9 Å². The van der Waals surface area contributed by atoms with E-state index in [1.165, 1.54) is 0 Å². The molecule has 0 aromatic heterocycles. The third-order valence-corrected chi connectivity index (χ3v) is 6.29. The summed E-state index contributed by atoms with van der Waals surface area (Å²) in [7, 11) is 0. The van der Waals surface area contributed by atoms with E-state index in [0.29, 0.717) is 26.4 Å². The molecule has 0 atom stereocenters. The van der Waals surface area contributed by atoms with Crippen molar-refractivity contribution in [3.05, 3.63) is 170 Å². The molecule has 0 aliphatic carbocycles. The average molecular weight is 557 g/mol. The van der Waals surface area contributed by atoms with E-state index in [1.807, 2.05) is 48.5 Å². The predicted octanol–water partition coefficient (Wildman–Crippen LogP) is 8.95. The summed E-state index contributed by atoms with van der Waals surface area (Å²) in [4.78, 5) is 0. The number of hydrogen-bond acceptors (Lipinski definition) is 4. The molecule has 0 bridgehead atoms. The van der Waals surface area contributed by atoms with Crippen LogP contribution in [0.1, 0.15) is 22.3 Å². The standard InChI is InChI=1S/C38H36O4/c1-5-25-39-33-17-9-29(10-18-33)37(30-11-19-34(20-12-30)40-26-6-2)38(31-13-21-35(22-14-31)41-27-7-3)32-15-23-36(24-16-32)42-28-8-4/h5-24H,1-4,25-28H2. The minimum absolute atomic E-state index is 0.444. The molecule has 0 unspecified atom stereocenters. The van der Waals surface area contributed by atoms with Gasteiger partial charge in [0.15, 0.2) is 0 Å². The van der Waals surface area contributed by atoms with E-state index in [1.54, 1.807) is 24.3 Å². The monoisotopic (exact) mass is 556 g/mol. The molecular formula is C38H36O4. The Morgan fingerprint density at radius 3 is 0.714 bits per heavy atom. The topological polar surface area (TPSA) is 36.9 Å². The van der Waals surface area contributed by atoms with Crippen LogP contribution in [0.3, 0.4) is 0 Å². The van der Waals surface area contributed by atoms with Gasteiger partial charge in [-0.1, -0.05) is 99.2 Å². The molecule has 212 valence electrons. The van der Waals surface area contributed by atoms with Crippen LogP contribution in [0.2, 0.25) is 0 Å². The highest BCUT2D eigenvalue weighted by molar-refractivity contribution is 6.04. The van der Waals surface area contributed by atoms with E-state index < -0.39 is 0 Å². The van der Waals surface area contributed by atoms with Gasteiger partial charge in [0, 0.05) is 0 Å². The highest BCUT2D eigenvalue weighted by atomic mass is 16.5. The molecular weight excluding hydrogens is 520 g/mol. The SMILES string of the molecule is C=CCOc1ccc(C(=C(c2ccc(OCC=C)cc2)c2ccc(OCC=C)cc2)c2ccc(OCC=C)cc2)cc1. The maximum atomic E-state index is 5.77. The summed E-state index contributed by atoms with van der Waals surface area (Å²) in [5.74, 6) is 3.11. The molecule has 42 heavy (non-hydrogen) atoms. The summed E-state index contributed by atoms with van der Waals surface area (Å²) in [6.07, 6.45) is 6.94. The number of ether oxygens (including phenoxy) is 4. The third kappa shape index (κ3) is 7.92. The van der Waals surface area contributed by atoms with Crippen molar-refractivity contribution in [2.45, 2.75) is 0 Å². The second-order valence-electron chi connectivity index (χ2n) is 9.25. The zero-order valence-corrected chi connectivity index (χ0v) is 23.8. The Morgan fingerprint density at radius 1 is 0.357 bits per heavy atom. The highest BCUT2D eigenvalue weighted by Gasteiger charge is 2.17. The minimum Gasteiger partial charge on any atom is -0.490 e. The van der Waals surface area contributed by atoms with Gasteiger partial charge in [-0.25, -0.2) is 0 Å². The van der Waals surface area contributed by atoms with Crippen molar-refractivity contribution in [1.29, 1.82) is 0 Å². The Hall–Kier alpha value is -5.22. The van der Waals surface area contributed by atoms with Crippen molar-refractivity contribution in [2.75, 3.05) is 26.4 Å². The van der Waals surface area contributed by atoms with Gasteiger partial charge in [-0.2, -0.15) is 0 Å². The van der Waals surface area contributed by atoms with E-state index in [2.05, 4.69) is 74.8 Å². The second-order valence-corrected chi connectivity index (χ2v) is 9.25. The minimum atomic E-state index is 0.444. The average Bonchev–Trinajstić information content (AvgIpc) is 3.04. The molecule has 0 aliphatic heterocycles. The number of rotatable bonds is 16. The Kier molecular flexibility index (Phi) is 11.0. The van der Waals surface area contributed by atoms with Gasteiger partial charge in [-0.3, -0.25) is 0 Å². The fourth-order valence-corrected chi connectivity index (χ4v) is 4.40.